The summed E-state index contributed by atoms with van der Waals surface area (Å²) in [5, 5.41) is 90.1. The van der Waals surface area contributed by atoms with Crippen molar-refractivity contribution in [3.63, 3.8) is 0 Å². The predicted molar refractivity (Wildman–Crippen MR) is 161 cm³/mol. The Morgan fingerprint density at radius 2 is 0.786 bits per heavy atom. The normalized spacial score (nSPS) is 33.1. The largest absolute Gasteiger partial charge is 0.394 e. The van der Waals surface area contributed by atoms with Crippen LogP contribution in [0.15, 0.2) is 0 Å². The second-order valence-corrected chi connectivity index (χ2v) is 11.7. The van der Waals surface area contributed by atoms with Gasteiger partial charge in [0.15, 0.2) is 22.7 Å². The molecule has 0 bridgehead atoms. The molecule has 2 heterocycles. The van der Waals surface area contributed by atoms with Gasteiger partial charge >= 0.3 is 0 Å². The van der Waals surface area contributed by atoms with Gasteiger partial charge in [0.25, 0.3) is 0 Å². The van der Waals surface area contributed by atoms with Crippen molar-refractivity contribution >= 4 is 34.7 Å². The molecule has 0 aromatic rings. The molecular weight excluding hydrogens is 592 g/mol. The molecule has 10 atom stereocenters. The average Bonchev–Trinajstić information content (AvgIpc) is 2.97. The molecule has 0 aromatic carbocycles. The third-order valence-corrected chi connectivity index (χ3v) is 8.03. The molecule has 16 heteroatoms. The van der Waals surface area contributed by atoms with E-state index in [1.807, 2.05) is 0 Å². The van der Waals surface area contributed by atoms with Gasteiger partial charge in [-0.25, -0.2) is 0 Å². The molecule has 14 nitrogen and oxygen atoms in total. The number of hydrogen-bond donors (Lipinski definition) is 12. The minimum absolute atomic E-state index is 0.265. The van der Waals surface area contributed by atoms with E-state index < -0.39 is 74.5 Å². The number of ether oxygens (including phenoxy) is 2. The fourth-order valence-corrected chi connectivity index (χ4v) is 5.31. The summed E-state index contributed by atoms with van der Waals surface area (Å²) in [5.41, 5.74) is 0. The Labute approximate surface area is 257 Å². The zero-order chi connectivity index (χ0) is 31.1. The van der Waals surface area contributed by atoms with E-state index in [1.54, 1.807) is 0 Å². The van der Waals surface area contributed by atoms with Gasteiger partial charge < -0.3 is 71.6 Å². The third-order valence-electron chi connectivity index (χ3n) is 7.51. The molecule has 42 heavy (non-hydrogen) atoms. The van der Waals surface area contributed by atoms with Gasteiger partial charge in [0.05, 0.1) is 13.2 Å². The van der Waals surface area contributed by atoms with Gasteiger partial charge in [-0.15, -0.1) is 0 Å². The molecule has 2 saturated heterocycles. The number of unbranched alkanes of at least 4 members (excludes halogenated alkanes) is 9. The molecule has 2 fully saturated rings. The second kappa shape index (κ2) is 20.1. The Balaban J connectivity index is 1.39. The van der Waals surface area contributed by atoms with Gasteiger partial charge in [-0.1, -0.05) is 51.4 Å². The quantitative estimate of drug-likeness (QED) is 0.0577. The summed E-state index contributed by atoms with van der Waals surface area (Å²) in [6, 6.07) is 0. The van der Waals surface area contributed by atoms with Crippen molar-refractivity contribution in [3.8, 4) is 0 Å². The number of hydrogen-bond acceptors (Lipinski definition) is 12. The fraction of sp³-hybridized carbons (Fsp3) is 0.923. The van der Waals surface area contributed by atoms with Gasteiger partial charge in [-0.2, -0.15) is 0 Å². The van der Waals surface area contributed by atoms with Crippen LogP contribution in [0.1, 0.15) is 64.2 Å². The number of nitrogens with one attached hydrogen (secondary N) is 4. The summed E-state index contributed by atoms with van der Waals surface area (Å²) in [6.45, 7) is 0.318. The van der Waals surface area contributed by atoms with Crippen molar-refractivity contribution in [3.05, 3.63) is 0 Å². The van der Waals surface area contributed by atoms with E-state index in [0.29, 0.717) is 13.1 Å². The van der Waals surface area contributed by atoms with Crippen LogP contribution in [0.2, 0.25) is 0 Å². The topological polar surface area (TPSA) is 228 Å². The molecule has 2 rings (SSSR count). The number of thiocarbonyl (C=S) groups is 2. The molecule has 12 N–H and O–H groups in total. The van der Waals surface area contributed by atoms with Crippen LogP contribution in [0.5, 0.6) is 0 Å². The Hall–Kier alpha value is -1.02. The molecule has 0 aromatic heterocycles. The van der Waals surface area contributed by atoms with E-state index in [-0.39, 0.29) is 10.2 Å². The monoisotopic (exact) mass is 642 g/mol. The molecular formula is C26H50N4O10S2. The smallest absolute Gasteiger partial charge is 0.168 e. The molecule has 0 unspecified atom stereocenters. The molecule has 0 saturated carbocycles. The summed E-state index contributed by atoms with van der Waals surface area (Å²) >= 11 is 10.4. The summed E-state index contributed by atoms with van der Waals surface area (Å²) in [4.78, 5) is 0. The van der Waals surface area contributed by atoms with E-state index in [4.69, 9.17) is 33.9 Å². The maximum Gasteiger partial charge on any atom is 0.168 e. The maximum absolute atomic E-state index is 10.1. The number of aliphatic hydroxyl groups is 8. The summed E-state index contributed by atoms with van der Waals surface area (Å²) in [5.74, 6) is 0. The highest BCUT2D eigenvalue weighted by Crippen LogP contribution is 2.20. The summed E-state index contributed by atoms with van der Waals surface area (Å²) in [7, 11) is 0. The SMILES string of the molecule is OC[C@H]1O[C@@H](NC(=S)NCCCCCCCCCCCCNC(=S)N[C@@H]2O[C@H](CO)[C@@H](O)[C@H](O)[C@@H]2O)[C@@H](O)[C@@H](O)[C@@H]1O. The van der Waals surface area contributed by atoms with Crippen molar-refractivity contribution < 1.29 is 50.3 Å². The van der Waals surface area contributed by atoms with Crippen LogP contribution in [0.4, 0.5) is 0 Å². The van der Waals surface area contributed by atoms with Crippen molar-refractivity contribution in [2.75, 3.05) is 26.3 Å². The lowest BCUT2D eigenvalue weighted by Crippen LogP contribution is -2.64. The van der Waals surface area contributed by atoms with Crippen molar-refractivity contribution in [1.82, 2.24) is 21.3 Å². The molecule has 0 amide bonds. The molecule has 2 aliphatic rings. The first kappa shape index (κ1) is 37.2. The van der Waals surface area contributed by atoms with Gasteiger partial charge in [-0.3, -0.25) is 0 Å². The Morgan fingerprint density at radius 1 is 0.476 bits per heavy atom. The van der Waals surface area contributed by atoms with Gasteiger partial charge in [0, 0.05) is 13.1 Å². The Bertz CT molecular complexity index is 725. The molecule has 0 radical (unpaired) electrons. The van der Waals surface area contributed by atoms with E-state index in [1.165, 1.54) is 12.8 Å². The zero-order valence-electron chi connectivity index (χ0n) is 23.9. The molecule has 2 aliphatic heterocycles. The highest BCUT2D eigenvalue weighted by Gasteiger charge is 2.44. The zero-order valence-corrected chi connectivity index (χ0v) is 25.5. The van der Waals surface area contributed by atoms with Gasteiger partial charge in [0.2, 0.25) is 0 Å². The van der Waals surface area contributed by atoms with Gasteiger partial charge in [-0.05, 0) is 37.3 Å². The lowest BCUT2D eigenvalue weighted by Gasteiger charge is -2.40. The van der Waals surface area contributed by atoms with Crippen LogP contribution in [0, 0.1) is 0 Å². The first-order valence-electron chi connectivity index (χ1n) is 14.8. The van der Waals surface area contributed by atoms with E-state index >= 15 is 0 Å². The van der Waals surface area contributed by atoms with Crippen LogP contribution in [-0.2, 0) is 9.47 Å². The van der Waals surface area contributed by atoms with Crippen LogP contribution in [0.25, 0.3) is 0 Å². The molecule has 246 valence electrons. The first-order chi connectivity index (χ1) is 20.1. The first-order valence-corrected chi connectivity index (χ1v) is 15.6. The van der Waals surface area contributed by atoms with E-state index in [2.05, 4.69) is 21.3 Å². The number of aliphatic hydroxyl groups excluding tert-OH is 8. The Kier molecular flexibility index (Phi) is 17.8. The lowest BCUT2D eigenvalue weighted by atomic mass is 9.98. The minimum atomic E-state index is -1.45. The van der Waals surface area contributed by atoms with E-state index in [9.17, 15) is 40.9 Å². The van der Waals surface area contributed by atoms with Crippen LogP contribution in [-0.4, -0.2) is 139 Å². The minimum Gasteiger partial charge on any atom is -0.394 e. The van der Waals surface area contributed by atoms with Crippen LogP contribution in [0.3, 0.4) is 0 Å². The van der Waals surface area contributed by atoms with Crippen molar-refractivity contribution in [2.45, 2.75) is 125 Å². The highest BCUT2D eigenvalue weighted by molar-refractivity contribution is 7.80. The maximum atomic E-state index is 10.1. The molecule has 0 spiro atoms. The predicted octanol–water partition coefficient (Wildman–Crippen LogP) is -2.58. The summed E-state index contributed by atoms with van der Waals surface area (Å²) in [6.07, 6.45) is -1.62. The lowest BCUT2D eigenvalue weighted by molar-refractivity contribution is -0.232. The van der Waals surface area contributed by atoms with Crippen LogP contribution >= 0.6 is 24.4 Å². The van der Waals surface area contributed by atoms with Crippen molar-refractivity contribution in [2.24, 2.45) is 0 Å². The highest BCUT2D eigenvalue weighted by atomic mass is 32.1. The molecule has 0 aliphatic carbocycles. The number of rotatable bonds is 17. The van der Waals surface area contributed by atoms with E-state index in [0.717, 1.165) is 51.4 Å². The standard InChI is InChI=1S/C26H50N4O10S2/c31-13-15-17(33)19(35)21(37)23(39-15)29-25(41)27-11-9-7-5-3-1-2-4-6-8-10-12-28-26(42)30-24-22(38)20(36)18(34)16(14-32)40-24/h15-24,31-38H,1-14H2,(H2,27,29,41)(H2,28,30,42)/t15-,16-,17-,18-,19+,20+,21+,22+,23-,24-/m1/s1. The van der Waals surface area contributed by atoms with Gasteiger partial charge in [0.1, 0.15) is 48.8 Å². The average molecular weight is 643 g/mol. The third kappa shape index (κ3) is 12.2. The summed E-state index contributed by atoms with van der Waals surface area (Å²) < 4.78 is 10.8. The fourth-order valence-electron chi connectivity index (χ4n) is 4.87. The van der Waals surface area contributed by atoms with Crippen LogP contribution < -0.4 is 21.3 Å². The second-order valence-electron chi connectivity index (χ2n) is 10.8. The Morgan fingerprint density at radius 3 is 1.10 bits per heavy atom. The van der Waals surface area contributed by atoms with Crippen molar-refractivity contribution in [1.29, 1.82) is 0 Å².